The lowest BCUT2D eigenvalue weighted by Crippen LogP contribution is -2.44. The van der Waals surface area contributed by atoms with Crippen molar-refractivity contribution in [2.24, 2.45) is 0 Å². The standard InChI is InChI=1S/C14H23N3O2S/c1-11(10-17-4-6-19-7-5-17)15-9-14-13(3-8-20-14)16-12(2)18/h3,8,11,15H,4-7,9-10H2,1-2H3,(H,16,18). The van der Waals surface area contributed by atoms with Crippen molar-refractivity contribution in [1.29, 1.82) is 0 Å². The molecule has 1 unspecified atom stereocenters. The summed E-state index contributed by atoms with van der Waals surface area (Å²) < 4.78 is 5.35. The van der Waals surface area contributed by atoms with Crippen molar-refractivity contribution < 1.29 is 9.53 Å². The molecule has 1 amide bonds. The van der Waals surface area contributed by atoms with Gasteiger partial charge >= 0.3 is 0 Å². The lowest BCUT2D eigenvalue weighted by Gasteiger charge is -2.29. The van der Waals surface area contributed by atoms with Crippen LogP contribution in [0.4, 0.5) is 5.69 Å². The number of rotatable bonds is 6. The highest BCUT2D eigenvalue weighted by molar-refractivity contribution is 7.10. The number of anilines is 1. The molecule has 2 rings (SSSR count). The SMILES string of the molecule is CC(=O)Nc1ccsc1CNC(C)CN1CCOCC1. The van der Waals surface area contributed by atoms with Gasteiger partial charge in [0.05, 0.1) is 18.9 Å². The Kier molecular flexibility index (Phi) is 5.97. The molecule has 1 atom stereocenters. The largest absolute Gasteiger partial charge is 0.379 e. The molecule has 0 radical (unpaired) electrons. The van der Waals surface area contributed by atoms with Crippen LogP contribution in [0.25, 0.3) is 0 Å². The summed E-state index contributed by atoms with van der Waals surface area (Å²) in [6, 6.07) is 2.37. The maximum absolute atomic E-state index is 11.1. The number of ether oxygens (including phenoxy) is 1. The highest BCUT2D eigenvalue weighted by atomic mass is 32.1. The minimum Gasteiger partial charge on any atom is -0.379 e. The Morgan fingerprint density at radius 1 is 1.50 bits per heavy atom. The molecule has 20 heavy (non-hydrogen) atoms. The van der Waals surface area contributed by atoms with Crippen molar-refractivity contribution in [3.8, 4) is 0 Å². The Morgan fingerprint density at radius 3 is 2.95 bits per heavy atom. The lowest BCUT2D eigenvalue weighted by atomic mass is 10.2. The molecule has 112 valence electrons. The van der Waals surface area contributed by atoms with Gasteiger partial charge in [0.2, 0.25) is 5.91 Å². The summed E-state index contributed by atoms with van der Waals surface area (Å²) in [5, 5.41) is 8.39. The van der Waals surface area contributed by atoms with Crippen LogP contribution in [0.2, 0.25) is 0 Å². The van der Waals surface area contributed by atoms with Crippen molar-refractivity contribution in [2.45, 2.75) is 26.4 Å². The summed E-state index contributed by atoms with van der Waals surface area (Å²) >= 11 is 1.67. The molecular formula is C14H23N3O2S. The molecule has 0 saturated carbocycles. The highest BCUT2D eigenvalue weighted by Gasteiger charge is 2.14. The zero-order valence-electron chi connectivity index (χ0n) is 12.1. The van der Waals surface area contributed by atoms with E-state index >= 15 is 0 Å². The van der Waals surface area contributed by atoms with E-state index in [1.165, 1.54) is 11.8 Å². The molecule has 1 aromatic rings. The Hall–Kier alpha value is -0.950. The lowest BCUT2D eigenvalue weighted by molar-refractivity contribution is -0.114. The minimum atomic E-state index is -0.0222. The van der Waals surface area contributed by atoms with Crippen LogP contribution in [0.1, 0.15) is 18.7 Å². The van der Waals surface area contributed by atoms with Crippen LogP contribution in [0.5, 0.6) is 0 Å². The maximum Gasteiger partial charge on any atom is 0.221 e. The molecule has 1 aromatic heterocycles. The topological polar surface area (TPSA) is 53.6 Å². The van der Waals surface area contributed by atoms with E-state index in [4.69, 9.17) is 4.74 Å². The van der Waals surface area contributed by atoms with Crippen LogP contribution < -0.4 is 10.6 Å². The number of thiophene rings is 1. The maximum atomic E-state index is 11.1. The number of carbonyl (C=O) groups excluding carboxylic acids is 1. The van der Waals surface area contributed by atoms with Crippen molar-refractivity contribution in [2.75, 3.05) is 38.2 Å². The number of nitrogens with zero attached hydrogens (tertiary/aromatic N) is 1. The minimum absolute atomic E-state index is 0.0222. The average molecular weight is 297 g/mol. The van der Waals surface area contributed by atoms with Crippen LogP contribution in [-0.4, -0.2) is 49.7 Å². The number of nitrogens with one attached hydrogen (secondary N) is 2. The summed E-state index contributed by atoms with van der Waals surface area (Å²) in [5.74, 6) is -0.0222. The van der Waals surface area contributed by atoms with Gasteiger partial charge in [0.25, 0.3) is 0 Å². The molecule has 2 N–H and O–H groups in total. The highest BCUT2D eigenvalue weighted by Crippen LogP contribution is 2.22. The third kappa shape index (κ3) is 4.86. The first-order valence-electron chi connectivity index (χ1n) is 7.02. The zero-order chi connectivity index (χ0) is 14.4. The van der Waals surface area contributed by atoms with Gasteiger partial charge in [-0.2, -0.15) is 0 Å². The molecule has 0 aromatic carbocycles. The second-order valence-corrected chi connectivity index (χ2v) is 6.13. The monoisotopic (exact) mass is 297 g/mol. The average Bonchev–Trinajstić information content (AvgIpc) is 2.84. The van der Waals surface area contributed by atoms with Gasteiger partial charge < -0.3 is 15.4 Å². The molecule has 0 spiro atoms. The number of morpholine rings is 1. The second kappa shape index (κ2) is 7.73. The van der Waals surface area contributed by atoms with Gasteiger partial charge in [-0.05, 0) is 18.4 Å². The van der Waals surface area contributed by atoms with E-state index in [2.05, 4.69) is 22.5 Å². The van der Waals surface area contributed by atoms with Crippen LogP contribution >= 0.6 is 11.3 Å². The van der Waals surface area contributed by atoms with E-state index in [0.717, 1.165) is 45.1 Å². The van der Waals surface area contributed by atoms with E-state index in [1.807, 2.05) is 11.4 Å². The van der Waals surface area contributed by atoms with E-state index in [1.54, 1.807) is 11.3 Å². The zero-order valence-corrected chi connectivity index (χ0v) is 13.0. The van der Waals surface area contributed by atoms with E-state index in [0.29, 0.717) is 6.04 Å². The van der Waals surface area contributed by atoms with E-state index in [9.17, 15) is 4.79 Å². The summed E-state index contributed by atoms with van der Waals surface area (Å²) in [6.07, 6.45) is 0. The van der Waals surface area contributed by atoms with Gasteiger partial charge in [0, 0.05) is 44.0 Å². The molecule has 1 aliphatic heterocycles. The molecule has 1 fully saturated rings. The number of hydrogen-bond donors (Lipinski definition) is 2. The van der Waals surface area contributed by atoms with Gasteiger partial charge in [0.15, 0.2) is 0 Å². The van der Waals surface area contributed by atoms with Gasteiger partial charge in [-0.1, -0.05) is 0 Å². The Bertz CT molecular complexity index is 430. The van der Waals surface area contributed by atoms with Crippen LogP contribution in [0.15, 0.2) is 11.4 Å². The predicted octanol–water partition coefficient (Wildman–Crippen LogP) is 1.52. The van der Waals surface area contributed by atoms with Crippen LogP contribution in [0.3, 0.4) is 0 Å². The number of hydrogen-bond acceptors (Lipinski definition) is 5. The van der Waals surface area contributed by atoms with E-state index < -0.39 is 0 Å². The Morgan fingerprint density at radius 2 is 2.25 bits per heavy atom. The molecule has 1 saturated heterocycles. The van der Waals surface area contributed by atoms with Crippen LogP contribution in [-0.2, 0) is 16.1 Å². The normalized spacial score (nSPS) is 17.9. The molecule has 0 bridgehead atoms. The van der Waals surface area contributed by atoms with Crippen molar-refractivity contribution in [3.63, 3.8) is 0 Å². The summed E-state index contributed by atoms with van der Waals surface area (Å²) in [6.45, 7) is 9.26. The first-order valence-corrected chi connectivity index (χ1v) is 7.90. The second-order valence-electron chi connectivity index (χ2n) is 5.13. The first kappa shape index (κ1) is 15.4. The fourth-order valence-corrected chi connectivity index (χ4v) is 3.06. The van der Waals surface area contributed by atoms with Crippen molar-refractivity contribution in [3.05, 3.63) is 16.3 Å². The Labute approximate surface area is 124 Å². The summed E-state index contributed by atoms with van der Waals surface area (Å²) in [4.78, 5) is 14.7. The molecule has 5 nitrogen and oxygen atoms in total. The fraction of sp³-hybridized carbons (Fsp3) is 0.643. The summed E-state index contributed by atoms with van der Waals surface area (Å²) in [5.41, 5.74) is 0.925. The molecule has 6 heteroatoms. The van der Waals surface area contributed by atoms with Crippen molar-refractivity contribution >= 4 is 22.9 Å². The fourth-order valence-electron chi connectivity index (χ4n) is 2.28. The van der Waals surface area contributed by atoms with Gasteiger partial charge in [-0.3, -0.25) is 9.69 Å². The van der Waals surface area contributed by atoms with Gasteiger partial charge in [-0.15, -0.1) is 11.3 Å². The number of carbonyl (C=O) groups is 1. The molecule has 0 aliphatic carbocycles. The molecule has 1 aliphatic rings. The van der Waals surface area contributed by atoms with Gasteiger partial charge in [0.1, 0.15) is 0 Å². The van der Waals surface area contributed by atoms with Crippen LogP contribution in [0, 0.1) is 0 Å². The molecular weight excluding hydrogens is 274 g/mol. The third-order valence-corrected chi connectivity index (χ3v) is 4.22. The Balaban J connectivity index is 1.76. The van der Waals surface area contributed by atoms with Crippen molar-refractivity contribution in [1.82, 2.24) is 10.2 Å². The summed E-state index contributed by atoms with van der Waals surface area (Å²) in [7, 11) is 0. The quantitative estimate of drug-likeness (QED) is 0.836. The predicted molar refractivity (Wildman–Crippen MR) is 82.2 cm³/mol. The first-order chi connectivity index (χ1) is 9.65. The molecule has 2 heterocycles. The third-order valence-electron chi connectivity index (χ3n) is 3.30. The number of amides is 1. The van der Waals surface area contributed by atoms with E-state index in [-0.39, 0.29) is 5.91 Å². The smallest absolute Gasteiger partial charge is 0.221 e. The van der Waals surface area contributed by atoms with Gasteiger partial charge in [-0.25, -0.2) is 0 Å².